The summed E-state index contributed by atoms with van der Waals surface area (Å²) in [7, 11) is 0. The van der Waals surface area contributed by atoms with Gasteiger partial charge in [-0.25, -0.2) is 4.79 Å². The minimum absolute atomic E-state index is 0.0771. The van der Waals surface area contributed by atoms with Gasteiger partial charge < -0.3 is 24.6 Å². The lowest BCUT2D eigenvalue weighted by molar-refractivity contribution is -0.138. The molecule has 1 aromatic carbocycles. The normalized spacial score (nSPS) is 15.7. The zero-order chi connectivity index (χ0) is 24.2. The molecule has 178 valence electrons. The third-order valence-corrected chi connectivity index (χ3v) is 5.38. The monoisotopic (exact) mass is 458 g/mol. The second-order valence-corrected chi connectivity index (χ2v) is 9.20. The number of likely N-dealkylation sites (tertiary alicyclic amines) is 1. The van der Waals surface area contributed by atoms with Gasteiger partial charge in [0.25, 0.3) is 5.91 Å². The minimum atomic E-state index is -0.995. The fourth-order valence-electron chi connectivity index (χ4n) is 3.80. The van der Waals surface area contributed by atoms with E-state index in [1.807, 2.05) is 20.8 Å². The number of carboxylic acid groups (broad SMARTS) is 1. The van der Waals surface area contributed by atoms with Crippen LogP contribution >= 0.6 is 0 Å². The number of hydrogen-bond acceptors (Lipinski definition) is 7. The molecule has 0 saturated carbocycles. The molecule has 0 spiro atoms. The standard InChI is InChI=1S/C23H30N4O6/c1-14-24-20(26-33-14)16-6-5-7-17(12-16)21(30)25-18(13-19(28)29)15-8-10-27(11-9-15)22(31)32-23(2,3)4/h5-7,12,15,18H,8-11,13H2,1-4H3,(H,25,30)(H,28,29). The minimum Gasteiger partial charge on any atom is -0.481 e. The van der Waals surface area contributed by atoms with Gasteiger partial charge in [-0.2, -0.15) is 4.98 Å². The number of hydrogen-bond donors (Lipinski definition) is 2. The molecule has 1 atom stereocenters. The first kappa shape index (κ1) is 24.2. The first-order chi connectivity index (χ1) is 15.5. The first-order valence-corrected chi connectivity index (χ1v) is 10.9. The smallest absolute Gasteiger partial charge is 0.410 e. The summed E-state index contributed by atoms with van der Waals surface area (Å²) in [5.74, 6) is -0.659. The number of carbonyl (C=O) groups is 3. The molecule has 0 aliphatic carbocycles. The summed E-state index contributed by atoms with van der Waals surface area (Å²) in [6.07, 6.45) is 0.555. The lowest BCUT2D eigenvalue weighted by atomic mass is 9.87. The Morgan fingerprint density at radius 2 is 1.97 bits per heavy atom. The predicted molar refractivity (Wildman–Crippen MR) is 119 cm³/mol. The number of aliphatic carboxylic acids is 1. The second kappa shape index (κ2) is 10.0. The number of aryl methyl sites for hydroxylation is 1. The van der Waals surface area contributed by atoms with Crippen LogP contribution in [0, 0.1) is 12.8 Å². The fraction of sp³-hybridized carbons (Fsp3) is 0.522. The summed E-state index contributed by atoms with van der Waals surface area (Å²) in [6, 6.07) is 6.20. The molecular weight excluding hydrogens is 428 g/mol. The molecule has 2 N–H and O–H groups in total. The van der Waals surface area contributed by atoms with Gasteiger partial charge in [-0.1, -0.05) is 17.3 Å². The van der Waals surface area contributed by atoms with Crippen molar-refractivity contribution < 1.29 is 28.8 Å². The zero-order valence-corrected chi connectivity index (χ0v) is 19.3. The van der Waals surface area contributed by atoms with Crippen LogP contribution in [0.25, 0.3) is 11.4 Å². The highest BCUT2D eigenvalue weighted by atomic mass is 16.6. The van der Waals surface area contributed by atoms with Crippen LogP contribution in [0.4, 0.5) is 4.79 Å². The summed E-state index contributed by atoms with van der Waals surface area (Å²) < 4.78 is 10.4. The third kappa shape index (κ3) is 6.77. The summed E-state index contributed by atoms with van der Waals surface area (Å²) in [5, 5.41) is 16.1. The van der Waals surface area contributed by atoms with Crippen LogP contribution in [0.5, 0.6) is 0 Å². The van der Waals surface area contributed by atoms with E-state index in [4.69, 9.17) is 9.26 Å². The Morgan fingerprint density at radius 3 is 2.55 bits per heavy atom. The first-order valence-electron chi connectivity index (χ1n) is 10.9. The molecule has 33 heavy (non-hydrogen) atoms. The van der Waals surface area contributed by atoms with Gasteiger partial charge >= 0.3 is 12.1 Å². The lowest BCUT2D eigenvalue weighted by Gasteiger charge is -2.36. The van der Waals surface area contributed by atoms with E-state index in [2.05, 4.69) is 15.5 Å². The molecule has 2 heterocycles. The topological polar surface area (TPSA) is 135 Å². The number of carboxylic acids is 1. The van der Waals surface area contributed by atoms with Gasteiger partial charge in [-0.05, 0) is 51.7 Å². The number of benzene rings is 1. The summed E-state index contributed by atoms with van der Waals surface area (Å²) >= 11 is 0. The molecule has 1 aromatic heterocycles. The van der Waals surface area contributed by atoms with E-state index in [0.29, 0.717) is 48.8 Å². The molecule has 1 fully saturated rings. The van der Waals surface area contributed by atoms with Crippen molar-refractivity contribution in [2.75, 3.05) is 13.1 Å². The van der Waals surface area contributed by atoms with Gasteiger partial charge in [0, 0.05) is 37.2 Å². The van der Waals surface area contributed by atoms with Crippen LogP contribution in [0.1, 0.15) is 56.3 Å². The van der Waals surface area contributed by atoms with E-state index >= 15 is 0 Å². The van der Waals surface area contributed by atoms with Crippen molar-refractivity contribution in [1.29, 1.82) is 0 Å². The molecule has 2 aromatic rings. The molecule has 10 nitrogen and oxygen atoms in total. The van der Waals surface area contributed by atoms with Crippen molar-refractivity contribution in [3.63, 3.8) is 0 Å². The molecule has 2 amide bonds. The Morgan fingerprint density at radius 1 is 1.27 bits per heavy atom. The average Bonchev–Trinajstić information content (AvgIpc) is 3.18. The molecule has 1 unspecified atom stereocenters. The van der Waals surface area contributed by atoms with E-state index in [1.165, 1.54) is 0 Å². The van der Waals surface area contributed by atoms with Gasteiger partial charge in [0.15, 0.2) is 0 Å². The lowest BCUT2D eigenvalue weighted by Crippen LogP contribution is -2.48. The quantitative estimate of drug-likeness (QED) is 0.673. The van der Waals surface area contributed by atoms with Crippen molar-refractivity contribution in [3.8, 4) is 11.4 Å². The number of aromatic nitrogens is 2. The van der Waals surface area contributed by atoms with Gasteiger partial charge in [0.2, 0.25) is 11.7 Å². The molecule has 1 aliphatic rings. The fourth-order valence-corrected chi connectivity index (χ4v) is 3.80. The molecule has 0 radical (unpaired) electrons. The van der Waals surface area contributed by atoms with Crippen LogP contribution in [-0.4, -0.2) is 62.8 Å². The van der Waals surface area contributed by atoms with E-state index in [0.717, 1.165) is 0 Å². The number of nitrogens with one attached hydrogen (secondary N) is 1. The van der Waals surface area contributed by atoms with Gasteiger partial charge in [-0.15, -0.1) is 0 Å². The maximum Gasteiger partial charge on any atom is 0.410 e. The van der Waals surface area contributed by atoms with Crippen molar-refractivity contribution in [1.82, 2.24) is 20.4 Å². The Labute approximate surface area is 192 Å². The molecule has 3 rings (SSSR count). The van der Waals surface area contributed by atoms with Crippen LogP contribution in [-0.2, 0) is 9.53 Å². The Bertz CT molecular complexity index is 1000. The van der Waals surface area contributed by atoms with Crippen molar-refractivity contribution in [2.24, 2.45) is 5.92 Å². The van der Waals surface area contributed by atoms with Crippen molar-refractivity contribution in [3.05, 3.63) is 35.7 Å². The molecule has 1 aliphatic heterocycles. The van der Waals surface area contributed by atoms with Crippen LogP contribution in [0.3, 0.4) is 0 Å². The highest BCUT2D eigenvalue weighted by molar-refractivity contribution is 5.95. The average molecular weight is 459 g/mol. The van der Waals surface area contributed by atoms with Gasteiger partial charge in [0.1, 0.15) is 5.60 Å². The summed E-state index contributed by atoms with van der Waals surface area (Å²) in [6.45, 7) is 7.99. The van der Waals surface area contributed by atoms with Gasteiger partial charge in [0.05, 0.1) is 6.42 Å². The number of carbonyl (C=O) groups excluding carboxylic acids is 2. The molecule has 0 bridgehead atoms. The molecule has 10 heteroatoms. The van der Waals surface area contributed by atoms with Crippen LogP contribution in [0.15, 0.2) is 28.8 Å². The maximum atomic E-state index is 12.9. The Kier molecular flexibility index (Phi) is 7.35. The maximum absolute atomic E-state index is 12.9. The summed E-state index contributed by atoms with van der Waals surface area (Å²) in [5.41, 5.74) is 0.416. The largest absolute Gasteiger partial charge is 0.481 e. The third-order valence-electron chi connectivity index (χ3n) is 5.38. The highest BCUT2D eigenvalue weighted by Gasteiger charge is 2.32. The number of amides is 2. The molecular formula is C23H30N4O6. The number of ether oxygens (including phenoxy) is 1. The highest BCUT2D eigenvalue weighted by Crippen LogP contribution is 2.25. The SMILES string of the molecule is Cc1nc(-c2cccc(C(=O)NC(CC(=O)O)C3CCN(C(=O)OC(C)(C)C)CC3)c2)no1. The predicted octanol–water partition coefficient (Wildman–Crippen LogP) is 3.27. The van der Waals surface area contributed by atoms with Gasteiger partial charge in [-0.3, -0.25) is 9.59 Å². The van der Waals surface area contributed by atoms with E-state index in [-0.39, 0.29) is 24.3 Å². The number of rotatable bonds is 6. The van der Waals surface area contributed by atoms with E-state index < -0.39 is 17.6 Å². The number of piperidine rings is 1. The Balaban J connectivity index is 1.66. The van der Waals surface area contributed by atoms with Crippen LogP contribution < -0.4 is 5.32 Å². The van der Waals surface area contributed by atoms with Crippen molar-refractivity contribution in [2.45, 2.75) is 58.6 Å². The van der Waals surface area contributed by atoms with E-state index in [9.17, 15) is 19.5 Å². The second-order valence-electron chi connectivity index (χ2n) is 9.20. The number of nitrogens with zero attached hydrogens (tertiary/aromatic N) is 3. The molecule has 1 saturated heterocycles. The summed E-state index contributed by atoms with van der Waals surface area (Å²) in [4.78, 5) is 42.5. The zero-order valence-electron chi connectivity index (χ0n) is 19.3. The van der Waals surface area contributed by atoms with E-state index in [1.54, 1.807) is 36.1 Å². The Hall–Kier alpha value is -3.43. The van der Waals surface area contributed by atoms with Crippen molar-refractivity contribution >= 4 is 18.0 Å². The van der Waals surface area contributed by atoms with Crippen LogP contribution in [0.2, 0.25) is 0 Å².